The van der Waals surface area contributed by atoms with E-state index >= 15 is 0 Å². The highest BCUT2D eigenvalue weighted by atomic mass is 31.2. The Morgan fingerprint density at radius 2 is 1.83 bits per heavy atom. The van der Waals surface area contributed by atoms with E-state index < -0.39 is 43.5 Å². The van der Waals surface area contributed by atoms with Gasteiger partial charge in [-0.05, 0) is 42.3 Å². The third kappa shape index (κ3) is 5.20. The van der Waals surface area contributed by atoms with Crippen LogP contribution in [0.1, 0.15) is 11.1 Å². The van der Waals surface area contributed by atoms with Crippen molar-refractivity contribution in [2.45, 2.75) is 13.5 Å². The summed E-state index contributed by atoms with van der Waals surface area (Å²) in [6.07, 6.45) is -0.958. The quantitative estimate of drug-likeness (QED) is 0.404. The average molecular weight is 441 g/mol. The number of ether oxygens (including phenoxy) is 1. The molecule has 1 aromatic heterocycles. The van der Waals surface area contributed by atoms with Gasteiger partial charge < -0.3 is 13.7 Å². The molecule has 0 saturated carbocycles. The highest BCUT2D eigenvalue weighted by Gasteiger charge is 2.23. The van der Waals surface area contributed by atoms with Crippen LogP contribution in [0.15, 0.2) is 45.6 Å². The van der Waals surface area contributed by atoms with Gasteiger partial charge in [-0.1, -0.05) is 0 Å². The molecule has 0 atom stereocenters. The summed E-state index contributed by atoms with van der Waals surface area (Å²) < 4.78 is 52.3. The van der Waals surface area contributed by atoms with Gasteiger partial charge in [0.05, 0.1) is 0 Å². The van der Waals surface area contributed by atoms with Gasteiger partial charge in [-0.2, -0.15) is 0 Å². The van der Waals surface area contributed by atoms with Crippen molar-refractivity contribution in [2.24, 2.45) is 0 Å². The van der Waals surface area contributed by atoms with Crippen LogP contribution in [0, 0.1) is 18.6 Å². The summed E-state index contributed by atoms with van der Waals surface area (Å²) in [5.41, 5.74) is 0.533. The fraction of sp³-hybridized carbons (Fsp3) is 0.111. The number of phosphoric acid groups is 1. The van der Waals surface area contributed by atoms with Crippen LogP contribution < -0.4 is 15.5 Å². The lowest BCUT2D eigenvalue weighted by molar-refractivity contribution is 0.155. The molecule has 12 heteroatoms. The standard InChI is InChI=1S/C18H14F2NO8P/c1-9-4-16(22)28-15-7-11(2-3-12(9)15)21-18(23)27-8-10-5-13(19)17(14(20)6-10)29-30(24,25)26/h2-7H,8H2,1H3,(H,21,23)(H2,24,25,26). The summed E-state index contributed by atoms with van der Waals surface area (Å²) in [4.78, 5) is 40.7. The molecule has 3 N–H and O–H groups in total. The molecule has 2 aromatic carbocycles. The number of anilines is 1. The molecule has 0 aliphatic carbocycles. The van der Waals surface area contributed by atoms with Gasteiger partial charge in [-0.3, -0.25) is 15.1 Å². The van der Waals surface area contributed by atoms with Gasteiger partial charge in [0.15, 0.2) is 11.6 Å². The van der Waals surface area contributed by atoms with Crippen molar-refractivity contribution in [3.8, 4) is 5.75 Å². The van der Waals surface area contributed by atoms with Gasteiger partial charge >= 0.3 is 19.5 Å². The monoisotopic (exact) mass is 441 g/mol. The van der Waals surface area contributed by atoms with E-state index in [4.69, 9.17) is 18.9 Å². The molecular formula is C18H14F2NO8P. The molecule has 0 spiro atoms. The number of halogens is 2. The smallest absolute Gasteiger partial charge is 0.444 e. The SMILES string of the molecule is Cc1cc(=O)oc2cc(NC(=O)OCc3cc(F)c(OP(=O)(O)O)c(F)c3)ccc12. The van der Waals surface area contributed by atoms with Crippen molar-refractivity contribution >= 4 is 30.6 Å². The minimum atomic E-state index is -5.15. The molecule has 0 saturated heterocycles. The van der Waals surface area contributed by atoms with Crippen molar-refractivity contribution in [1.82, 2.24) is 0 Å². The summed E-state index contributed by atoms with van der Waals surface area (Å²) in [5, 5.41) is 3.05. The zero-order chi connectivity index (χ0) is 22.1. The third-order valence-electron chi connectivity index (χ3n) is 3.84. The van der Waals surface area contributed by atoms with Crippen molar-refractivity contribution in [3.63, 3.8) is 0 Å². The summed E-state index contributed by atoms with van der Waals surface area (Å²) in [5.74, 6) is -4.00. The van der Waals surface area contributed by atoms with Crippen LogP contribution in [0.5, 0.6) is 5.75 Å². The van der Waals surface area contributed by atoms with E-state index in [9.17, 15) is 22.9 Å². The first-order chi connectivity index (χ1) is 14.0. The fourth-order valence-corrected chi connectivity index (χ4v) is 3.02. The number of hydrogen-bond acceptors (Lipinski definition) is 6. The van der Waals surface area contributed by atoms with Crippen LogP contribution in [-0.4, -0.2) is 15.9 Å². The van der Waals surface area contributed by atoms with Crippen LogP contribution in [0.3, 0.4) is 0 Å². The fourth-order valence-electron chi connectivity index (χ4n) is 2.61. The number of carbonyl (C=O) groups excluding carboxylic acids is 1. The van der Waals surface area contributed by atoms with Crippen LogP contribution in [0.4, 0.5) is 19.3 Å². The van der Waals surface area contributed by atoms with Crippen molar-refractivity contribution in [3.05, 3.63) is 69.6 Å². The average Bonchev–Trinajstić information content (AvgIpc) is 2.62. The second-order valence-electron chi connectivity index (χ2n) is 6.13. The van der Waals surface area contributed by atoms with Gasteiger partial charge in [0, 0.05) is 23.2 Å². The number of amides is 1. The molecule has 158 valence electrons. The first-order valence-corrected chi connectivity index (χ1v) is 9.76. The number of benzene rings is 2. The Kier molecular flexibility index (Phi) is 5.88. The molecule has 0 unspecified atom stereocenters. The van der Waals surface area contributed by atoms with Gasteiger partial charge in [0.2, 0.25) is 5.75 Å². The third-order valence-corrected chi connectivity index (χ3v) is 4.26. The van der Waals surface area contributed by atoms with E-state index in [1.807, 2.05) is 0 Å². The molecule has 1 amide bonds. The molecule has 0 fully saturated rings. The zero-order valence-corrected chi connectivity index (χ0v) is 16.1. The van der Waals surface area contributed by atoms with Gasteiger partial charge in [-0.25, -0.2) is 22.9 Å². The van der Waals surface area contributed by atoms with Crippen LogP contribution in [-0.2, 0) is 15.9 Å². The van der Waals surface area contributed by atoms with Gasteiger partial charge in [0.25, 0.3) is 0 Å². The second-order valence-corrected chi connectivity index (χ2v) is 7.29. The van der Waals surface area contributed by atoms with Gasteiger partial charge in [0.1, 0.15) is 12.2 Å². The highest BCUT2D eigenvalue weighted by Crippen LogP contribution is 2.40. The highest BCUT2D eigenvalue weighted by molar-refractivity contribution is 7.46. The first kappa shape index (κ1) is 21.4. The van der Waals surface area contributed by atoms with E-state index in [-0.39, 0.29) is 16.8 Å². The lowest BCUT2D eigenvalue weighted by atomic mass is 10.1. The molecule has 1 heterocycles. The number of hydrogen-bond donors (Lipinski definition) is 3. The molecule has 30 heavy (non-hydrogen) atoms. The molecule has 3 rings (SSSR count). The number of phosphoric ester groups is 1. The molecule has 3 aromatic rings. The predicted octanol–water partition coefficient (Wildman–Crippen LogP) is 3.60. The van der Waals surface area contributed by atoms with E-state index in [1.54, 1.807) is 19.1 Å². The van der Waals surface area contributed by atoms with E-state index in [1.165, 1.54) is 12.1 Å². The van der Waals surface area contributed by atoms with E-state index in [2.05, 4.69) is 9.84 Å². The van der Waals surface area contributed by atoms with E-state index in [0.29, 0.717) is 23.1 Å². The molecule has 9 nitrogen and oxygen atoms in total. The van der Waals surface area contributed by atoms with Crippen LogP contribution in [0.2, 0.25) is 0 Å². The Hall–Kier alpha value is -3.27. The topological polar surface area (TPSA) is 135 Å². The number of fused-ring (bicyclic) bond motifs is 1. The molecule has 0 radical (unpaired) electrons. The molecule has 0 bridgehead atoms. The molecule has 0 aliphatic heterocycles. The van der Waals surface area contributed by atoms with Crippen molar-refractivity contribution in [2.75, 3.05) is 5.32 Å². The van der Waals surface area contributed by atoms with Crippen LogP contribution in [0.25, 0.3) is 11.0 Å². The molecule has 0 aliphatic rings. The number of nitrogens with one attached hydrogen (secondary N) is 1. The Morgan fingerprint density at radius 3 is 2.47 bits per heavy atom. The molecular weight excluding hydrogens is 427 g/mol. The Balaban J connectivity index is 1.68. The normalized spacial score (nSPS) is 11.4. The summed E-state index contributed by atoms with van der Waals surface area (Å²) in [6.45, 7) is 1.19. The Bertz CT molecular complexity index is 1210. The number of rotatable bonds is 5. The number of carbonyl (C=O) groups is 1. The summed E-state index contributed by atoms with van der Waals surface area (Å²) >= 11 is 0. The van der Waals surface area contributed by atoms with Crippen LogP contribution >= 0.6 is 7.82 Å². The minimum absolute atomic E-state index is 0.127. The van der Waals surface area contributed by atoms with Crippen molar-refractivity contribution < 1.29 is 41.6 Å². The maximum atomic E-state index is 13.8. The lowest BCUT2D eigenvalue weighted by Crippen LogP contribution is -2.14. The minimum Gasteiger partial charge on any atom is -0.444 e. The second kappa shape index (κ2) is 8.23. The predicted molar refractivity (Wildman–Crippen MR) is 100 cm³/mol. The van der Waals surface area contributed by atoms with E-state index in [0.717, 1.165) is 0 Å². The maximum absolute atomic E-state index is 13.8. The Morgan fingerprint density at radius 1 is 1.17 bits per heavy atom. The lowest BCUT2D eigenvalue weighted by Gasteiger charge is -2.11. The maximum Gasteiger partial charge on any atom is 0.525 e. The summed E-state index contributed by atoms with van der Waals surface area (Å²) in [7, 11) is -5.15. The van der Waals surface area contributed by atoms with Gasteiger partial charge in [-0.15, -0.1) is 0 Å². The largest absolute Gasteiger partial charge is 0.525 e. The zero-order valence-electron chi connectivity index (χ0n) is 15.2. The van der Waals surface area contributed by atoms with Crippen molar-refractivity contribution in [1.29, 1.82) is 0 Å². The summed E-state index contributed by atoms with van der Waals surface area (Å²) in [6, 6.07) is 7.33. The Labute approximate surface area is 167 Å². The first-order valence-electron chi connectivity index (χ1n) is 8.23. The number of aryl methyl sites for hydroxylation is 1.